The van der Waals surface area contributed by atoms with Gasteiger partial charge in [0, 0.05) is 12.6 Å². The number of imidazole rings is 1. The van der Waals surface area contributed by atoms with E-state index >= 15 is 0 Å². The van der Waals surface area contributed by atoms with Gasteiger partial charge in [0.1, 0.15) is 17.3 Å². The number of benzene rings is 2. The fraction of sp³-hybridized carbons (Fsp3) is 0.150. The zero-order valence-corrected chi connectivity index (χ0v) is 14.7. The lowest BCUT2D eigenvalue weighted by Gasteiger charge is -2.04. The van der Waals surface area contributed by atoms with Gasteiger partial charge < -0.3 is 19.6 Å². The summed E-state index contributed by atoms with van der Waals surface area (Å²) >= 11 is 0. The number of carbonyl (C=O) groups is 1. The molecule has 27 heavy (non-hydrogen) atoms. The van der Waals surface area contributed by atoms with E-state index in [-0.39, 0.29) is 11.6 Å². The lowest BCUT2D eigenvalue weighted by Crippen LogP contribution is -2.23. The molecule has 0 bridgehead atoms. The fourth-order valence-electron chi connectivity index (χ4n) is 2.77. The molecule has 136 valence electrons. The molecule has 2 N–H and O–H groups in total. The van der Waals surface area contributed by atoms with E-state index in [0.717, 1.165) is 28.2 Å². The number of para-hydroxylation sites is 2. The Kier molecular flexibility index (Phi) is 4.57. The molecule has 4 rings (SSSR count). The number of aromatic nitrogens is 3. The Morgan fingerprint density at radius 2 is 2.00 bits per heavy atom. The van der Waals surface area contributed by atoms with Gasteiger partial charge in [-0.2, -0.15) is 0 Å². The third kappa shape index (κ3) is 3.82. The zero-order chi connectivity index (χ0) is 18.6. The van der Waals surface area contributed by atoms with Crippen molar-refractivity contribution in [1.29, 1.82) is 0 Å². The summed E-state index contributed by atoms with van der Waals surface area (Å²) in [6, 6.07) is 16.9. The summed E-state index contributed by atoms with van der Waals surface area (Å²) in [5.74, 6) is 1.82. The van der Waals surface area contributed by atoms with Crippen molar-refractivity contribution in [2.75, 3.05) is 7.11 Å². The zero-order valence-electron chi connectivity index (χ0n) is 14.7. The van der Waals surface area contributed by atoms with Gasteiger partial charge in [-0.25, -0.2) is 4.98 Å². The monoisotopic (exact) mass is 362 g/mol. The van der Waals surface area contributed by atoms with Crippen LogP contribution in [0.3, 0.4) is 0 Å². The molecule has 0 aliphatic heterocycles. The Morgan fingerprint density at radius 1 is 1.19 bits per heavy atom. The predicted octanol–water partition coefficient (Wildman–Crippen LogP) is 3.08. The number of aromatic amines is 1. The number of rotatable bonds is 6. The lowest BCUT2D eigenvalue weighted by molar-refractivity contribution is 0.0942. The van der Waals surface area contributed by atoms with E-state index in [2.05, 4.69) is 20.4 Å². The molecule has 7 heteroatoms. The molecule has 1 amide bonds. The average molecular weight is 362 g/mol. The van der Waals surface area contributed by atoms with Crippen LogP contribution in [0, 0.1) is 0 Å². The molecule has 0 spiro atoms. The number of amides is 1. The van der Waals surface area contributed by atoms with Crippen LogP contribution in [0.5, 0.6) is 5.75 Å². The van der Waals surface area contributed by atoms with Crippen molar-refractivity contribution in [1.82, 2.24) is 20.4 Å². The van der Waals surface area contributed by atoms with E-state index in [1.165, 1.54) is 0 Å². The van der Waals surface area contributed by atoms with E-state index in [1.54, 1.807) is 13.2 Å². The number of hydrogen-bond donors (Lipinski definition) is 2. The molecule has 0 fully saturated rings. The number of ether oxygens (including phenoxy) is 1. The number of H-pyrrole nitrogens is 1. The molecular formula is C20H18N4O3. The smallest absolute Gasteiger partial charge is 0.273 e. The fourth-order valence-corrected chi connectivity index (χ4v) is 2.77. The maximum absolute atomic E-state index is 12.3. The third-order valence-electron chi connectivity index (χ3n) is 4.18. The molecule has 4 aromatic rings. The second-order valence-corrected chi connectivity index (χ2v) is 6.09. The van der Waals surface area contributed by atoms with E-state index in [9.17, 15) is 4.79 Å². The first-order valence-corrected chi connectivity index (χ1v) is 8.51. The van der Waals surface area contributed by atoms with Crippen LogP contribution in [-0.2, 0) is 13.0 Å². The minimum Gasteiger partial charge on any atom is -0.497 e. The standard InChI is InChI=1S/C20H18N4O3/c1-26-14-8-6-13(7-9-14)12-21-20(25)18-10-15(27-24-18)11-19-22-16-4-2-3-5-17(16)23-19/h2-10H,11-12H2,1H3,(H,21,25)(H,22,23). The van der Waals surface area contributed by atoms with Gasteiger partial charge >= 0.3 is 0 Å². The van der Waals surface area contributed by atoms with Gasteiger partial charge in [-0.05, 0) is 29.8 Å². The summed E-state index contributed by atoms with van der Waals surface area (Å²) in [5.41, 5.74) is 3.07. The van der Waals surface area contributed by atoms with Gasteiger partial charge in [-0.1, -0.05) is 29.4 Å². The summed E-state index contributed by atoms with van der Waals surface area (Å²) in [7, 11) is 1.62. The molecule has 0 saturated heterocycles. The van der Waals surface area contributed by atoms with Crippen LogP contribution in [-0.4, -0.2) is 28.1 Å². The summed E-state index contributed by atoms with van der Waals surface area (Å²) in [6.07, 6.45) is 0.438. The molecule has 0 atom stereocenters. The normalized spacial score (nSPS) is 10.9. The van der Waals surface area contributed by atoms with Crippen molar-refractivity contribution in [3.8, 4) is 5.75 Å². The van der Waals surface area contributed by atoms with Crippen molar-refractivity contribution in [2.45, 2.75) is 13.0 Å². The Hall–Kier alpha value is -3.61. The second-order valence-electron chi connectivity index (χ2n) is 6.09. The lowest BCUT2D eigenvalue weighted by atomic mass is 10.2. The highest BCUT2D eigenvalue weighted by atomic mass is 16.5. The summed E-state index contributed by atoms with van der Waals surface area (Å²) < 4.78 is 10.4. The first-order valence-electron chi connectivity index (χ1n) is 8.51. The highest BCUT2D eigenvalue weighted by Gasteiger charge is 2.14. The Labute approximate surface area is 155 Å². The maximum Gasteiger partial charge on any atom is 0.273 e. The number of nitrogens with one attached hydrogen (secondary N) is 2. The van der Waals surface area contributed by atoms with Crippen LogP contribution in [0.2, 0.25) is 0 Å². The minimum absolute atomic E-state index is 0.245. The molecule has 0 radical (unpaired) electrons. The number of hydrogen-bond acceptors (Lipinski definition) is 5. The Morgan fingerprint density at radius 3 is 2.78 bits per heavy atom. The molecule has 0 saturated carbocycles. The van der Waals surface area contributed by atoms with E-state index < -0.39 is 0 Å². The first-order chi connectivity index (χ1) is 13.2. The van der Waals surface area contributed by atoms with Crippen molar-refractivity contribution < 1.29 is 14.1 Å². The van der Waals surface area contributed by atoms with Gasteiger partial charge in [0.15, 0.2) is 5.69 Å². The van der Waals surface area contributed by atoms with E-state index in [4.69, 9.17) is 9.26 Å². The molecule has 0 aliphatic carbocycles. The third-order valence-corrected chi connectivity index (χ3v) is 4.18. The van der Waals surface area contributed by atoms with Crippen molar-refractivity contribution >= 4 is 16.9 Å². The number of fused-ring (bicyclic) bond motifs is 1. The van der Waals surface area contributed by atoms with Crippen LogP contribution < -0.4 is 10.1 Å². The highest BCUT2D eigenvalue weighted by molar-refractivity contribution is 5.92. The average Bonchev–Trinajstić information content (AvgIpc) is 3.33. The first kappa shape index (κ1) is 16.8. The molecule has 2 aromatic heterocycles. The molecule has 0 unspecified atom stereocenters. The number of nitrogens with zero attached hydrogens (tertiary/aromatic N) is 2. The van der Waals surface area contributed by atoms with E-state index in [0.29, 0.717) is 18.7 Å². The van der Waals surface area contributed by atoms with Gasteiger partial charge in [0.05, 0.1) is 24.6 Å². The van der Waals surface area contributed by atoms with Gasteiger partial charge in [0.25, 0.3) is 5.91 Å². The van der Waals surface area contributed by atoms with Crippen molar-refractivity contribution in [3.63, 3.8) is 0 Å². The molecule has 0 aliphatic rings. The van der Waals surface area contributed by atoms with Crippen LogP contribution >= 0.6 is 0 Å². The van der Waals surface area contributed by atoms with E-state index in [1.807, 2.05) is 48.5 Å². The summed E-state index contributed by atoms with van der Waals surface area (Å²) in [4.78, 5) is 20.0. The summed E-state index contributed by atoms with van der Waals surface area (Å²) in [6.45, 7) is 0.397. The second kappa shape index (κ2) is 7.33. The summed E-state index contributed by atoms with van der Waals surface area (Å²) in [5, 5.41) is 6.68. The topological polar surface area (TPSA) is 93.0 Å². The highest BCUT2D eigenvalue weighted by Crippen LogP contribution is 2.15. The van der Waals surface area contributed by atoms with Crippen molar-refractivity contribution in [2.24, 2.45) is 0 Å². The number of methoxy groups -OCH3 is 1. The van der Waals surface area contributed by atoms with Gasteiger partial charge in [0.2, 0.25) is 0 Å². The molecule has 7 nitrogen and oxygen atoms in total. The van der Waals surface area contributed by atoms with Crippen LogP contribution in [0.4, 0.5) is 0 Å². The predicted molar refractivity (Wildman–Crippen MR) is 99.6 cm³/mol. The Balaban J connectivity index is 1.38. The van der Waals surface area contributed by atoms with Crippen molar-refractivity contribution in [3.05, 3.63) is 77.4 Å². The van der Waals surface area contributed by atoms with Gasteiger partial charge in [-0.3, -0.25) is 4.79 Å². The molecular weight excluding hydrogens is 344 g/mol. The van der Waals surface area contributed by atoms with Crippen LogP contribution in [0.25, 0.3) is 11.0 Å². The van der Waals surface area contributed by atoms with Crippen LogP contribution in [0.15, 0.2) is 59.1 Å². The molecule has 2 aromatic carbocycles. The minimum atomic E-state index is -0.287. The number of carbonyl (C=O) groups excluding carboxylic acids is 1. The maximum atomic E-state index is 12.3. The van der Waals surface area contributed by atoms with Crippen LogP contribution in [0.1, 0.15) is 27.6 Å². The van der Waals surface area contributed by atoms with Gasteiger partial charge in [-0.15, -0.1) is 0 Å². The molecule has 2 heterocycles. The quantitative estimate of drug-likeness (QED) is 0.550. The Bertz CT molecular complexity index is 1030. The largest absolute Gasteiger partial charge is 0.497 e. The SMILES string of the molecule is COc1ccc(CNC(=O)c2cc(Cc3nc4ccccc4[nH]3)on2)cc1.